The summed E-state index contributed by atoms with van der Waals surface area (Å²) in [5.41, 5.74) is 1.85. The number of rotatable bonds is 7. The zero-order valence-corrected chi connectivity index (χ0v) is 16.7. The minimum absolute atomic E-state index is 0.0590. The molecule has 1 heterocycles. The number of halogens is 1. The van der Waals surface area contributed by atoms with Crippen molar-refractivity contribution in [2.45, 2.75) is 15.9 Å². The van der Waals surface area contributed by atoms with Gasteiger partial charge in [-0.05, 0) is 36.1 Å². The van der Waals surface area contributed by atoms with Gasteiger partial charge in [0, 0.05) is 16.5 Å². The molecule has 138 valence electrons. The van der Waals surface area contributed by atoms with Crippen LogP contribution in [0.15, 0.2) is 64.8 Å². The summed E-state index contributed by atoms with van der Waals surface area (Å²) in [5, 5.41) is 14.4. The molecular formula is C19H16ClN3O2S2. The zero-order valence-electron chi connectivity index (χ0n) is 14.3. The second kappa shape index (κ2) is 9.12. The molecule has 3 rings (SSSR count). The van der Waals surface area contributed by atoms with E-state index in [4.69, 9.17) is 11.6 Å². The predicted molar refractivity (Wildman–Crippen MR) is 112 cm³/mol. The van der Waals surface area contributed by atoms with Gasteiger partial charge in [0.2, 0.25) is 0 Å². The third-order valence-corrected chi connectivity index (χ3v) is 5.42. The Kier molecular flexibility index (Phi) is 6.60. The normalized spacial score (nSPS) is 10.6. The maximum Gasteiger partial charge on any atom is 0.342 e. The number of anilines is 2. The molecule has 0 amide bonds. The molecular weight excluding hydrogens is 402 g/mol. The van der Waals surface area contributed by atoms with Gasteiger partial charge in [-0.25, -0.2) is 14.8 Å². The molecule has 8 heteroatoms. The second-order valence-corrected chi connectivity index (χ2v) is 7.62. The number of carboxylic acids is 1. The average Bonchev–Trinajstić information content (AvgIpc) is 2.68. The molecule has 0 atom stereocenters. The summed E-state index contributed by atoms with van der Waals surface area (Å²) < 4.78 is 0. The number of hydrogen-bond donors (Lipinski definition) is 2. The summed E-state index contributed by atoms with van der Waals surface area (Å²) in [7, 11) is 0. The van der Waals surface area contributed by atoms with E-state index in [1.807, 2.05) is 36.6 Å². The summed E-state index contributed by atoms with van der Waals surface area (Å²) in [6.45, 7) is 0. The van der Waals surface area contributed by atoms with Crippen LogP contribution in [0.2, 0.25) is 5.02 Å². The SMILES string of the molecule is CSc1nc(Nc2ccc(Cl)cc2)c(C(=O)O)c(SCc2ccccc2)n1. The Morgan fingerprint density at radius 1 is 1.11 bits per heavy atom. The number of aromatic carboxylic acids is 1. The van der Waals surface area contributed by atoms with Crippen LogP contribution in [-0.2, 0) is 5.75 Å². The molecule has 2 N–H and O–H groups in total. The fourth-order valence-electron chi connectivity index (χ4n) is 2.30. The molecule has 0 radical (unpaired) electrons. The third kappa shape index (κ3) is 5.15. The van der Waals surface area contributed by atoms with Crippen LogP contribution in [0, 0.1) is 0 Å². The quantitative estimate of drug-likeness (QED) is 0.295. The molecule has 3 aromatic rings. The van der Waals surface area contributed by atoms with Crippen LogP contribution in [0.4, 0.5) is 11.5 Å². The third-order valence-electron chi connectivity index (χ3n) is 3.58. The van der Waals surface area contributed by atoms with Crippen molar-refractivity contribution in [3.63, 3.8) is 0 Å². The van der Waals surface area contributed by atoms with Gasteiger partial charge in [0.1, 0.15) is 10.6 Å². The van der Waals surface area contributed by atoms with Gasteiger partial charge in [0.15, 0.2) is 11.0 Å². The second-order valence-electron chi connectivity index (χ2n) is 5.45. The van der Waals surface area contributed by atoms with Gasteiger partial charge < -0.3 is 10.4 Å². The highest BCUT2D eigenvalue weighted by atomic mass is 35.5. The van der Waals surface area contributed by atoms with Crippen LogP contribution >= 0.6 is 35.1 Å². The van der Waals surface area contributed by atoms with Crippen molar-refractivity contribution in [2.24, 2.45) is 0 Å². The van der Waals surface area contributed by atoms with E-state index in [1.54, 1.807) is 24.3 Å². The van der Waals surface area contributed by atoms with Gasteiger partial charge in [-0.3, -0.25) is 0 Å². The molecule has 0 aliphatic carbocycles. The summed E-state index contributed by atoms with van der Waals surface area (Å²) in [6, 6.07) is 16.8. The Morgan fingerprint density at radius 2 is 1.81 bits per heavy atom. The van der Waals surface area contributed by atoms with Crippen LogP contribution < -0.4 is 5.32 Å². The Labute approximate surface area is 170 Å². The molecule has 0 unspecified atom stereocenters. The summed E-state index contributed by atoms with van der Waals surface area (Å²) >= 11 is 8.66. The van der Waals surface area contributed by atoms with Crippen molar-refractivity contribution < 1.29 is 9.90 Å². The lowest BCUT2D eigenvalue weighted by Gasteiger charge is -2.13. The molecule has 0 spiro atoms. The summed E-state index contributed by atoms with van der Waals surface area (Å²) in [6.07, 6.45) is 1.85. The minimum atomic E-state index is -1.07. The van der Waals surface area contributed by atoms with Crippen molar-refractivity contribution in [1.29, 1.82) is 0 Å². The number of nitrogens with one attached hydrogen (secondary N) is 1. The molecule has 0 aliphatic rings. The first-order valence-electron chi connectivity index (χ1n) is 7.95. The van der Waals surface area contributed by atoms with Gasteiger partial charge in [0.05, 0.1) is 0 Å². The van der Waals surface area contributed by atoms with Gasteiger partial charge in [0.25, 0.3) is 0 Å². The monoisotopic (exact) mass is 417 g/mol. The van der Waals surface area contributed by atoms with Gasteiger partial charge in [-0.1, -0.05) is 53.7 Å². The fraction of sp³-hybridized carbons (Fsp3) is 0.105. The topological polar surface area (TPSA) is 75.1 Å². The molecule has 0 aliphatic heterocycles. The summed E-state index contributed by atoms with van der Waals surface area (Å²) in [5.74, 6) is -0.193. The molecule has 1 aromatic heterocycles. The highest BCUT2D eigenvalue weighted by Gasteiger charge is 2.21. The molecule has 0 bridgehead atoms. The zero-order chi connectivity index (χ0) is 19.2. The number of carbonyl (C=O) groups is 1. The molecule has 0 saturated carbocycles. The van der Waals surface area contributed by atoms with E-state index in [0.29, 0.717) is 26.6 Å². The van der Waals surface area contributed by atoms with E-state index in [0.717, 1.165) is 5.56 Å². The minimum Gasteiger partial charge on any atom is -0.477 e. The molecule has 5 nitrogen and oxygen atoms in total. The van der Waals surface area contributed by atoms with E-state index in [-0.39, 0.29) is 11.4 Å². The number of hydrogen-bond acceptors (Lipinski definition) is 6. The van der Waals surface area contributed by atoms with E-state index in [1.165, 1.54) is 23.5 Å². The van der Waals surface area contributed by atoms with Gasteiger partial charge >= 0.3 is 5.97 Å². The van der Waals surface area contributed by atoms with Crippen LogP contribution in [0.1, 0.15) is 15.9 Å². The molecule has 27 heavy (non-hydrogen) atoms. The van der Waals surface area contributed by atoms with Crippen molar-refractivity contribution in [3.8, 4) is 0 Å². The van der Waals surface area contributed by atoms with E-state index in [9.17, 15) is 9.90 Å². The average molecular weight is 418 g/mol. The largest absolute Gasteiger partial charge is 0.477 e. The van der Waals surface area contributed by atoms with Crippen molar-refractivity contribution in [1.82, 2.24) is 9.97 Å². The Morgan fingerprint density at radius 3 is 2.44 bits per heavy atom. The van der Waals surface area contributed by atoms with E-state index in [2.05, 4.69) is 15.3 Å². The Balaban J connectivity index is 1.96. The van der Waals surface area contributed by atoms with Crippen molar-refractivity contribution in [3.05, 3.63) is 70.7 Å². The van der Waals surface area contributed by atoms with Gasteiger partial charge in [-0.2, -0.15) is 0 Å². The number of carboxylic acid groups (broad SMARTS) is 1. The van der Waals surface area contributed by atoms with Crippen molar-refractivity contribution >= 4 is 52.6 Å². The van der Waals surface area contributed by atoms with Crippen LogP contribution in [-0.4, -0.2) is 27.3 Å². The molecule has 0 saturated heterocycles. The van der Waals surface area contributed by atoms with Crippen molar-refractivity contribution in [2.75, 3.05) is 11.6 Å². The Bertz CT molecular complexity index is 938. The van der Waals surface area contributed by atoms with Crippen LogP contribution in [0.3, 0.4) is 0 Å². The first-order valence-corrected chi connectivity index (χ1v) is 10.5. The fourth-order valence-corrected chi connectivity index (χ4v) is 3.82. The maximum absolute atomic E-state index is 11.9. The Hall–Kier alpha value is -2.22. The van der Waals surface area contributed by atoms with Crippen LogP contribution in [0.5, 0.6) is 0 Å². The smallest absolute Gasteiger partial charge is 0.342 e. The number of benzene rings is 2. The highest BCUT2D eigenvalue weighted by molar-refractivity contribution is 7.99. The molecule has 2 aromatic carbocycles. The number of aromatic nitrogens is 2. The first-order chi connectivity index (χ1) is 13.1. The number of nitrogens with zero attached hydrogens (tertiary/aromatic N) is 2. The number of thioether (sulfide) groups is 2. The first kappa shape index (κ1) is 19.5. The highest BCUT2D eigenvalue weighted by Crippen LogP contribution is 2.32. The molecule has 0 fully saturated rings. The lowest BCUT2D eigenvalue weighted by Crippen LogP contribution is -2.10. The lowest BCUT2D eigenvalue weighted by atomic mass is 10.2. The standard InChI is InChI=1S/C19H16ClN3O2S2/c1-26-19-22-16(21-14-9-7-13(20)8-10-14)15(18(24)25)17(23-19)27-11-12-5-3-2-4-6-12/h2-10H,11H2,1H3,(H,24,25)(H,21,22,23). The van der Waals surface area contributed by atoms with E-state index >= 15 is 0 Å². The van der Waals surface area contributed by atoms with E-state index < -0.39 is 5.97 Å². The van der Waals surface area contributed by atoms with Gasteiger partial charge in [-0.15, -0.1) is 11.8 Å². The maximum atomic E-state index is 11.9. The lowest BCUT2D eigenvalue weighted by molar-refractivity contribution is 0.0692. The predicted octanol–water partition coefficient (Wildman–Crippen LogP) is 5.59. The summed E-state index contributed by atoms with van der Waals surface area (Å²) in [4.78, 5) is 20.7. The van der Waals surface area contributed by atoms with Crippen LogP contribution in [0.25, 0.3) is 0 Å².